The Morgan fingerprint density at radius 3 is 2.26 bits per heavy atom. The van der Waals surface area contributed by atoms with Gasteiger partial charge in [0.1, 0.15) is 4.20 Å². The molecule has 0 saturated carbocycles. The number of nitrogens with zero attached hydrogens (tertiary/aromatic N) is 1. The fraction of sp³-hybridized carbons (Fsp3) is 0.571. The Morgan fingerprint density at radius 2 is 1.63 bits per heavy atom. The Labute approximate surface area is 136 Å². The third kappa shape index (κ3) is 3.37. The van der Waals surface area contributed by atoms with Gasteiger partial charge >= 0.3 is 18.9 Å². The van der Waals surface area contributed by atoms with E-state index in [4.69, 9.17) is 4.74 Å². The molecular formula is C14H20LiNOS2. The van der Waals surface area contributed by atoms with Crippen LogP contribution < -0.4 is 0 Å². The van der Waals surface area contributed by atoms with Gasteiger partial charge in [-0.15, -0.1) is 23.5 Å². The molecule has 2 heterocycles. The van der Waals surface area contributed by atoms with Gasteiger partial charge < -0.3 is 4.74 Å². The van der Waals surface area contributed by atoms with Crippen molar-refractivity contribution in [3.05, 3.63) is 35.9 Å². The Morgan fingerprint density at radius 1 is 1.00 bits per heavy atom. The Kier molecular flexibility index (Phi) is 6.20. The molecule has 1 aromatic rings. The second kappa shape index (κ2) is 7.45. The molecule has 5 heteroatoms. The zero-order valence-electron chi connectivity index (χ0n) is 10.5. The van der Waals surface area contributed by atoms with Gasteiger partial charge in [0.05, 0.1) is 13.2 Å². The first-order chi connectivity index (χ1) is 8.92. The van der Waals surface area contributed by atoms with Crippen molar-refractivity contribution < 1.29 is 4.74 Å². The Hall–Kier alpha value is 0.437. The third-order valence-electron chi connectivity index (χ3n) is 3.45. The maximum absolute atomic E-state index is 5.51. The minimum atomic E-state index is 0. The van der Waals surface area contributed by atoms with Gasteiger partial charge in [0.25, 0.3) is 0 Å². The van der Waals surface area contributed by atoms with Crippen molar-refractivity contribution in [1.82, 2.24) is 4.90 Å². The topological polar surface area (TPSA) is 12.5 Å². The van der Waals surface area contributed by atoms with Gasteiger partial charge in [0, 0.05) is 13.1 Å². The van der Waals surface area contributed by atoms with Crippen LogP contribution in [0.5, 0.6) is 0 Å². The predicted octanol–water partition coefficient (Wildman–Crippen LogP) is 2.35. The van der Waals surface area contributed by atoms with Crippen molar-refractivity contribution in [2.75, 3.05) is 37.8 Å². The van der Waals surface area contributed by atoms with E-state index in [-0.39, 0.29) is 23.1 Å². The summed E-state index contributed by atoms with van der Waals surface area (Å²) in [5.74, 6) is 2.53. The van der Waals surface area contributed by atoms with E-state index in [2.05, 4.69) is 58.8 Å². The summed E-state index contributed by atoms with van der Waals surface area (Å²) in [5.41, 5.74) is 1.45. The van der Waals surface area contributed by atoms with Gasteiger partial charge in [-0.25, -0.2) is 0 Å². The van der Waals surface area contributed by atoms with E-state index in [1.54, 1.807) is 0 Å². The first-order valence-electron chi connectivity index (χ1n) is 6.58. The Bertz CT molecular complexity index is 378. The van der Waals surface area contributed by atoms with E-state index >= 15 is 0 Å². The van der Waals surface area contributed by atoms with Crippen molar-refractivity contribution in [3.63, 3.8) is 0 Å². The smallest absolute Gasteiger partial charge is 0.140 e. The third-order valence-corrected chi connectivity index (χ3v) is 6.91. The number of rotatable bonds is 2. The molecule has 0 N–H and O–H groups in total. The normalized spacial score (nSPS) is 23.6. The molecule has 0 atom stereocenters. The van der Waals surface area contributed by atoms with E-state index in [1.807, 2.05) is 0 Å². The molecule has 0 aliphatic carbocycles. The van der Waals surface area contributed by atoms with Crippen LogP contribution in [-0.4, -0.2) is 61.6 Å². The summed E-state index contributed by atoms with van der Waals surface area (Å²) in [4.78, 5) is 2.61. The molecule has 3 rings (SSSR count). The summed E-state index contributed by atoms with van der Waals surface area (Å²) in [7, 11) is 0. The molecule has 0 spiro atoms. The van der Waals surface area contributed by atoms with Crippen molar-refractivity contribution in [2.45, 2.75) is 10.6 Å². The van der Waals surface area contributed by atoms with Crippen molar-refractivity contribution in [2.24, 2.45) is 0 Å². The number of hydrogen-bond donors (Lipinski definition) is 0. The van der Waals surface area contributed by atoms with Crippen LogP contribution in [0.3, 0.4) is 0 Å². The maximum Gasteiger partial charge on any atom is 0.140 e. The molecule has 2 fully saturated rings. The van der Waals surface area contributed by atoms with Crippen LogP contribution in [0.4, 0.5) is 0 Å². The summed E-state index contributed by atoms with van der Waals surface area (Å²) >= 11 is 4.21. The quantitative estimate of drug-likeness (QED) is 0.775. The standard InChI is InChI=1S/C14H19NOS2.Li.H/c1-2-5-13(6-3-1)14(17-11-4-12-18-14)15-7-9-16-10-8-15;;/h1-3,5-6H,4,7-12H2;;. The van der Waals surface area contributed by atoms with Gasteiger partial charge in [-0.3, -0.25) is 4.90 Å². The van der Waals surface area contributed by atoms with E-state index in [0.717, 1.165) is 26.3 Å². The van der Waals surface area contributed by atoms with Gasteiger partial charge in [-0.1, -0.05) is 30.3 Å². The van der Waals surface area contributed by atoms with E-state index < -0.39 is 0 Å². The number of thioether (sulfide) groups is 2. The molecule has 0 radical (unpaired) electrons. The van der Waals surface area contributed by atoms with Gasteiger partial charge in [-0.2, -0.15) is 0 Å². The number of benzene rings is 1. The molecule has 0 bridgehead atoms. The molecule has 0 amide bonds. The van der Waals surface area contributed by atoms with Crippen LogP contribution in [0, 0.1) is 0 Å². The second-order valence-electron chi connectivity index (χ2n) is 4.60. The Balaban J connectivity index is 0.00000133. The average Bonchev–Trinajstić information content (AvgIpc) is 2.50. The maximum atomic E-state index is 5.51. The summed E-state index contributed by atoms with van der Waals surface area (Å²) < 4.78 is 5.64. The SMILES string of the molecule is [LiH].c1ccc(C2(N3CCOCC3)SCCCS2)cc1. The van der Waals surface area contributed by atoms with Crippen LogP contribution in [0.15, 0.2) is 30.3 Å². The molecule has 2 nitrogen and oxygen atoms in total. The molecule has 100 valence electrons. The summed E-state index contributed by atoms with van der Waals surface area (Å²) in [6, 6.07) is 11.0. The van der Waals surface area contributed by atoms with Crippen LogP contribution in [0.25, 0.3) is 0 Å². The first-order valence-corrected chi connectivity index (χ1v) is 8.55. The monoisotopic (exact) mass is 289 g/mol. The zero-order chi connectivity index (χ0) is 12.3. The second-order valence-corrected chi connectivity index (χ2v) is 7.43. The van der Waals surface area contributed by atoms with Gasteiger partial charge in [-0.05, 0) is 23.5 Å². The molecular weight excluding hydrogens is 269 g/mol. The van der Waals surface area contributed by atoms with E-state index in [0.29, 0.717) is 0 Å². The molecule has 2 saturated heterocycles. The van der Waals surface area contributed by atoms with E-state index in [9.17, 15) is 0 Å². The van der Waals surface area contributed by atoms with Crippen LogP contribution in [0.2, 0.25) is 0 Å². The summed E-state index contributed by atoms with van der Waals surface area (Å²) in [5, 5.41) is 0. The number of ether oxygens (including phenoxy) is 1. The van der Waals surface area contributed by atoms with Crippen molar-refractivity contribution in [1.29, 1.82) is 0 Å². The molecule has 2 aliphatic heterocycles. The molecule has 0 aromatic heterocycles. The number of hydrogen-bond acceptors (Lipinski definition) is 4. The zero-order valence-corrected chi connectivity index (χ0v) is 12.1. The molecule has 0 unspecified atom stereocenters. The van der Waals surface area contributed by atoms with Crippen LogP contribution in [-0.2, 0) is 8.94 Å². The molecule has 19 heavy (non-hydrogen) atoms. The average molecular weight is 289 g/mol. The minimum Gasteiger partial charge on any atom is -0.379 e. The van der Waals surface area contributed by atoms with Crippen LogP contribution >= 0.6 is 23.5 Å². The fourth-order valence-corrected chi connectivity index (χ4v) is 6.04. The van der Waals surface area contributed by atoms with Crippen molar-refractivity contribution >= 4 is 42.4 Å². The van der Waals surface area contributed by atoms with Gasteiger partial charge in [0.2, 0.25) is 0 Å². The van der Waals surface area contributed by atoms with E-state index in [1.165, 1.54) is 23.5 Å². The largest absolute Gasteiger partial charge is 0.379 e. The molecule has 2 aliphatic rings. The van der Waals surface area contributed by atoms with Crippen LogP contribution in [0.1, 0.15) is 12.0 Å². The van der Waals surface area contributed by atoms with Gasteiger partial charge in [0.15, 0.2) is 0 Å². The van der Waals surface area contributed by atoms with Crippen molar-refractivity contribution in [3.8, 4) is 0 Å². The predicted molar refractivity (Wildman–Crippen MR) is 87.2 cm³/mol. The fourth-order valence-electron chi connectivity index (χ4n) is 2.56. The summed E-state index contributed by atoms with van der Waals surface area (Å²) in [6.45, 7) is 3.84. The summed E-state index contributed by atoms with van der Waals surface area (Å²) in [6.07, 6.45) is 1.33. The number of morpholine rings is 1. The molecule has 1 aromatic carbocycles. The first kappa shape index (κ1) is 15.8. The minimum absolute atomic E-state index is 0.